The molecular weight excluding hydrogens is 376 g/mol. The van der Waals surface area contributed by atoms with Gasteiger partial charge in [-0.1, -0.05) is 28.1 Å². The van der Waals surface area contributed by atoms with Crippen molar-refractivity contribution >= 4 is 38.6 Å². The molecule has 2 aromatic carbocycles. The van der Waals surface area contributed by atoms with Crippen LogP contribution in [0.4, 0.5) is 5.13 Å². The molecule has 0 amide bonds. The lowest BCUT2D eigenvalue weighted by atomic mass is 10.2. The summed E-state index contributed by atoms with van der Waals surface area (Å²) in [6.45, 7) is 0.277. The minimum Gasteiger partial charge on any atom is -0.454 e. The van der Waals surface area contributed by atoms with Crippen molar-refractivity contribution in [2.45, 2.75) is 0 Å². The van der Waals surface area contributed by atoms with Gasteiger partial charge in [-0.25, -0.2) is 9.98 Å². The molecule has 0 atom stereocenters. The van der Waals surface area contributed by atoms with Gasteiger partial charge in [0.25, 0.3) is 0 Å². The van der Waals surface area contributed by atoms with Gasteiger partial charge < -0.3 is 9.47 Å². The molecule has 23 heavy (non-hydrogen) atoms. The summed E-state index contributed by atoms with van der Waals surface area (Å²) in [4.78, 5) is 8.99. The van der Waals surface area contributed by atoms with E-state index >= 15 is 0 Å². The second kappa shape index (κ2) is 6.14. The van der Waals surface area contributed by atoms with Gasteiger partial charge in [0.2, 0.25) is 11.9 Å². The van der Waals surface area contributed by atoms with E-state index in [0.717, 1.165) is 37.9 Å². The van der Waals surface area contributed by atoms with Gasteiger partial charge in [-0.3, -0.25) is 0 Å². The third kappa shape index (κ3) is 3.13. The molecule has 0 fully saturated rings. The molecule has 0 N–H and O–H groups in total. The molecule has 0 radical (unpaired) electrons. The molecule has 4 rings (SSSR count). The fraction of sp³-hybridized carbons (Fsp3) is 0.0588. The number of aromatic nitrogens is 1. The Morgan fingerprint density at radius 2 is 1.91 bits per heavy atom. The van der Waals surface area contributed by atoms with Gasteiger partial charge in [0, 0.05) is 21.6 Å². The first-order valence-corrected chi connectivity index (χ1v) is 8.60. The highest BCUT2D eigenvalue weighted by atomic mass is 79.9. The van der Waals surface area contributed by atoms with Crippen LogP contribution in [0.1, 0.15) is 5.56 Å². The van der Waals surface area contributed by atoms with Gasteiger partial charge in [0.1, 0.15) is 0 Å². The maximum atomic E-state index is 5.36. The number of hydrogen-bond donors (Lipinski definition) is 0. The van der Waals surface area contributed by atoms with E-state index in [1.807, 2.05) is 47.8 Å². The van der Waals surface area contributed by atoms with Crippen LogP contribution in [-0.4, -0.2) is 18.0 Å². The molecule has 6 heteroatoms. The van der Waals surface area contributed by atoms with E-state index in [-0.39, 0.29) is 6.79 Å². The number of halogens is 1. The molecule has 1 aliphatic heterocycles. The molecule has 0 saturated carbocycles. The van der Waals surface area contributed by atoms with Crippen molar-refractivity contribution in [2.24, 2.45) is 4.99 Å². The van der Waals surface area contributed by atoms with Crippen molar-refractivity contribution in [3.8, 4) is 22.8 Å². The predicted octanol–water partition coefficient (Wildman–Crippen LogP) is 5.05. The quantitative estimate of drug-likeness (QED) is 0.591. The molecule has 1 aromatic heterocycles. The number of nitrogens with zero attached hydrogens (tertiary/aromatic N) is 2. The Morgan fingerprint density at radius 1 is 1.09 bits per heavy atom. The van der Waals surface area contributed by atoms with E-state index < -0.39 is 0 Å². The van der Waals surface area contributed by atoms with Crippen LogP contribution in [0.25, 0.3) is 11.3 Å². The maximum Gasteiger partial charge on any atom is 0.231 e. The van der Waals surface area contributed by atoms with E-state index in [1.165, 1.54) is 11.3 Å². The lowest BCUT2D eigenvalue weighted by Crippen LogP contribution is -1.92. The van der Waals surface area contributed by atoms with Gasteiger partial charge in [-0.05, 0) is 35.9 Å². The molecule has 114 valence electrons. The third-order valence-corrected chi connectivity index (χ3v) is 4.63. The molecule has 2 heterocycles. The molecule has 0 saturated heterocycles. The smallest absolute Gasteiger partial charge is 0.231 e. The first-order valence-electron chi connectivity index (χ1n) is 6.93. The van der Waals surface area contributed by atoms with Crippen LogP contribution in [0, 0.1) is 0 Å². The van der Waals surface area contributed by atoms with Crippen molar-refractivity contribution in [1.82, 2.24) is 4.98 Å². The predicted molar refractivity (Wildman–Crippen MR) is 95.1 cm³/mol. The van der Waals surface area contributed by atoms with Crippen LogP contribution in [0.5, 0.6) is 11.5 Å². The fourth-order valence-corrected chi connectivity index (χ4v) is 3.13. The highest BCUT2D eigenvalue weighted by Crippen LogP contribution is 2.32. The Labute approximate surface area is 145 Å². The van der Waals surface area contributed by atoms with Crippen LogP contribution >= 0.6 is 27.3 Å². The van der Waals surface area contributed by atoms with E-state index in [2.05, 4.69) is 25.9 Å². The lowest BCUT2D eigenvalue weighted by molar-refractivity contribution is 0.174. The summed E-state index contributed by atoms with van der Waals surface area (Å²) >= 11 is 4.95. The van der Waals surface area contributed by atoms with Crippen LogP contribution in [0.3, 0.4) is 0 Å². The molecule has 3 aromatic rings. The number of thiazole rings is 1. The lowest BCUT2D eigenvalue weighted by Gasteiger charge is -1.97. The average Bonchev–Trinajstić information content (AvgIpc) is 3.22. The molecule has 4 nitrogen and oxygen atoms in total. The number of benzene rings is 2. The van der Waals surface area contributed by atoms with Crippen LogP contribution in [0.15, 0.2) is 57.3 Å². The summed E-state index contributed by atoms with van der Waals surface area (Å²) in [5.41, 5.74) is 2.96. The van der Waals surface area contributed by atoms with Crippen molar-refractivity contribution < 1.29 is 9.47 Å². The Kier molecular flexibility index (Phi) is 3.85. The second-order valence-electron chi connectivity index (χ2n) is 4.89. The topological polar surface area (TPSA) is 43.7 Å². The van der Waals surface area contributed by atoms with Gasteiger partial charge in [0.15, 0.2) is 11.5 Å². The first-order chi connectivity index (χ1) is 11.3. The summed E-state index contributed by atoms with van der Waals surface area (Å²) in [5, 5.41) is 2.73. The minimum atomic E-state index is 0.277. The van der Waals surface area contributed by atoms with E-state index in [9.17, 15) is 0 Å². The Balaban J connectivity index is 1.54. The van der Waals surface area contributed by atoms with Gasteiger partial charge in [-0.2, -0.15) is 0 Å². The van der Waals surface area contributed by atoms with Gasteiger partial charge >= 0.3 is 0 Å². The van der Waals surface area contributed by atoms with Crippen molar-refractivity contribution in [1.29, 1.82) is 0 Å². The van der Waals surface area contributed by atoms with Gasteiger partial charge in [-0.15, -0.1) is 11.3 Å². The molecular formula is C17H11BrN2O2S. The molecule has 0 aliphatic carbocycles. The normalized spacial score (nSPS) is 12.9. The summed E-state index contributed by atoms with van der Waals surface area (Å²) in [6, 6.07) is 13.8. The average molecular weight is 387 g/mol. The number of ether oxygens (including phenoxy) is 2. The Bertz CT molecular complexity index is 875. The van der Waals surface area contributed by atoms with Crippen LogP contribution in [0.2, 0.25) is 0 Å². The summed E-state index contributed by atoms with van der Waals surface area (Å²) < 4.78 is 11.7. The molecule has 0 spiro atoms. The molecule has 1 aliphatic rings. The van der Waals surface area contributed by atoms with E-state index in [4.69, 9.17) is 9.47 Å². The number of rotatable bonds is 3. The van der Waals surface area contributed by atoms with Crippen molar-refractivity contribution in [3.05, 3.63) is 57.9 Å². The number of hydrogen-bond acceptors (Lipinski definition) is 5. The summed E-state index contributed by atoms with van der Waals surface area (Å²) in [7, 11) is 0. The highest BCUT2D eigenvalue weighted by molar-refractivity contribution is 9.10. The van der Waals surface area contributed by atoms with E-state index in [0.29, 0.717) is 0 Å². The Morgan fingerprint density at radius 3 is 2.78 bits per heavy atom. The van der Waals surface area contributed by atoms with Crippen molar-refractivity contribution in [3.63, 3.8) is 0 Å². The maximum absolute atomic E-state index is 5.36. The minimum absolute atomic E-state index is 0.277. The van der Waals surface area contributed by atoms with Crippen LogP contribution in [-0.2, 0) is 0 Å². The highest BCUT2D eigenvalue weighted by Gasteiger charge is 2.12. The second-order valence-corrected chi connectivity index (χ2v) is 6.65. The fourth-order valence-electron chi connectivity index (χ4n) is 2.20. The largest absolute Gasteiger partial charge is 0.454 e. The van der Waals surface area contributed by atoms with E-state index in [1.54, 1.807) is 6.21 Å². The Hall–Kier alpha value is -2.18. The first kappa shape index (κ1) is 14.4. The zero-order valence-electron chi connectivity index (χ0n) is 11.9. The number of fused-ring (bicyclic) bond motifs is 1. The summed E-state index contributed by atoms with van der Waals surface area (Å²) in [5.74, 6) is 1.53. The van der Waals surface area contributed by atoms with Crippen LogP contribution < -0.4 is 9.47 Å². The third-order valence-electron chi connectivity index (χ3n) is 3.35. The SMILES string of the molecule is Brc1ccc(-c2csc(/N=C/c3ccc4c(c3)OCO4)n2)cc1. The monoisotopic (exact) mass is 386 g/mol. The van der Waals surface area contributed by atoms with Gasteiger partial charge in [0.05, 0.1) is 5.69 Å². The zero-order valence-corrected chi connectivity index (χ0v) is 14.3. The van der Waals surface area contributed by atoms with Crippen molar-refractivity contribution in [2.75, 3.05) is 6.79 Å². The number of aliphatic imine (C=N–C) groups is 1. The summed E-state index contributed by atoms with van der Waals surface area (Å²) in [6.07, 6.45) is 1.78. The molecule has 0 bridgehead atoms. The standard InChI is InChI=1S/C17H11BrN2O2S/c18-13-4-2-12(3-5-13)14-9-23-17(20-14)19-8-11-1-6-15-16(7-11)22-10-21-15/h1-9H,10H2/b19-8+. The zero-order chi connectivity index (χ0) is 15.6. The molecule has 0 unspecified atom stereocenters.